The lowest BCUT2D eigenvalue weighted by atomic mass is 9.68. The molecule has 126 valence electrons. The van der Waals surface area contributed by atoms with Crippen molar-refractivity contribution in [2.75, 3.05) is 32.7 Å². The van der Waals surface area contributed by atoms with Gasteiger partial charge in [0.1, 0.15) is 0 Å². The molecule has 1 unspecified atom stereocenters. The smallest absolute Gasteiger partial charge is 0.407 e. The number of benzene rings is 1. The zero-order valence-electron chi connectivity index (χ0n) is 13.1. The minimum atomic E-state index is -0.842. The Labute approximate surface area is 145 Å². The molecule has 0 radical (unpaired) electrons. The van der Waals surface area contributed by atoms with E-state index >= 15 is 0 Å². The average Bonchev–Trinajstić information content (AvgIpc) is 2.51. The van der Waals surface area contributed by atoms with Crippen molar-refractivity contribution in [3.63, 3.8) is 0 Å². The monoisotopic (exact) mass is 382 g/mol. The number of piperazine rings is 1. The van der Waals surface area contributed by atoms with Gasteiger partial charge in [-0.3, -0.25) is 4.90 Å². The largest absolute Gasteiger partial charge is 0.465 e. The van der Waals surface area contributed by atoms with E-state index in [0.29, 0.717) is 13.1 Å². The molecule has 0 spiro atoms. The van der Waals surface area contributed by atoms with Crippen LogP contribution in [-0.2, 0) is 0 Å². The molecule has 3 rings (SSSR count). The molecule has 1 atom stereocenters. The van der Waals surface area contributed by atoms with E-state index in [-0.39, 0.29) is 5.92 Å². The fourth-order valence-electron chi connectivity index (χ4n) is 3.58. The normalized spacial score (nSPS) is 22.4. The molecule has 0 bridgehead atoms. The van der Waals surface area contributed by atoms with Crippen molar-refractivity contribution in [3.05, 3.63) is 34.3 Å². The van der Waals surface area contributed by atoms with Gasteiger partial charge in [0.2, 0.25) is 0 Å². The standard InChI is InChI=1S/C17H23BrN2O3/c18-14-4-1-3-13(11-14)15(17(23)5-2-6-17)12-19-7-9-20(10-8-19)16(21)22/h1,3-4,11,15,23H,2,5-10,12H2,(H,21,22). The summed E-state index contributed by atoms with van der Waals surface area (Å²) in [4.78, 5) is 14.8. The number of hydrogen-bond acceptors (Lipinski definition) is 3. The highest BCUT2D eigenvalue weighted by Gasteiger charge is 2.43. The third-order valence-corrected chi connectivity index (χ3v) is 5.70. The Bertz CT molecular complexity index is 569. The molecular formula is C17H23BrN2O3. The summed E-state index contributed by atoms with van der Waals surface area (Å²) in [6.45, 7) is 3.32. The first kappa shape index (κ1) is 16.7. The van der Waals surface area contributed by atoms with Crippen LogP contribution in [0.4, 0.5) is 4.79 Å². The summed E-state index contributed by atoms with van der Waals surface area (Å²) < 4.78 is 1.03. The number of amides is 1. The summed E-state index contributed by atoms with van der Waals surface area (Å²) >= 11 is 3.52. The molecule has 0 aromatic heterocycles. The van der Waals surface area contributed by atoms with Crippen LogP contribution in [0.3, 0.4) is 0 Å². The van der Waals surface area contributed by atoms with E-state index in [1.54, 1.807) is 0 Å². The van der Waals surface area contributed by atoms with Crippen LogP contribution in [-0.4, -0.2) is 64.4 Å². The number of nitrogens with zero attached hydrogens (tertiary/aromatic N) is 2. The molecule has 2 aliphatic rings. The molecule has 23 heavy (non-hydrogen) atoms. The Hall–Kier alpha value is -1.11. The molecule has 1 saturated heterocycles. The van der Waals surface area contributed by atoms with E-state index in [9.17, 15) is 9.90 Å². The zero-order valence-corrected chi connectivity index (χ0v) is 14.7. The highest BCUT2D eigenvalue weighted by atomic mass is 79.9. The van der Waals surface area contributed by atoms with Crippen molar-refractivity contribution in [1.82, 2.24) is 9.80 Å². The van der Waals surface area contributed by atoms with Gasteiger partial charge in [0.05, 0.1) is 5.60 Å². The molecule has 1 aliphatic heterocycles. The highest BCUT2D eigenvalue weighted by Crippen LogP contribution is 2.44. The molecule has 2 fully saturated rings. The van der Waals surface area contributed by atoms with E-state index in [0.717, 1.165) is 48.9 Å². The van der Waals surface area contributed by atoms with Gasteiger partial charge in [-0.15, -0.1) is 0 Å². The second-order valence-electron chi connectivity index (χ2n) is 6.63. The molecule has 1 aromatic carbocycles. The second-order valence-corrected chi connectivity index (χ2v) is 7.55. The minimum Gasteiger partial charge on any atom is -0.465 e. The van der Waals surface area contributed by atoms with Crippen LogP contribution in [0.5, 0.6) is 0 Å². The zero-order chi connectivity index (χ0) is 16.4. The summed E-state index contributed by atoms with van der Waals surface area (Å²) in [5, 5.41) is 20.0. The fourth-order valence-corrected chi connectivity index (χ4v) is 3.99. The summed E-state index contributed by atoms with van der Waals surface area (Å²) in [7, 11) is 0. The third-order valence-electron chi connectivity index (χ3n) is 5.20. The molecule has 1 aliphatic carbocycles. The van der Waals surface area contributed by atoms with Gasteiger partial charge >= 0.3 is 6.09 Å². The Balaban J connectivity index is 1.71. The molecule has 1 aromatic rings. The van der Waals surface area contributed by atoms with Gasteiger partial charge in [0.25, 0.3) is 0 Å². The first-order valence-electron chi connectivity index (χ1n) is 8.16. The Kier molecular flexibility index (Phi) is 4.94. The van der Waals surface area contributed by atoms with Gasteiger partial charge in [-0.05, 0) is 37.0 Å². The molecule has 6 heteroatoms. The maximum atomic E-state index is 11.0. The van der Waals surface area contributed by atoms with Gasteiger partial charge in [0.15, 0.2) is 0 Å². The van der Waals surface area contributed by atoms with E-state index in [2.05, 4.69) is 33.0 Å². The summed E-state index contributed by atoms with van der Waals surface area (Å²) in [5.74, 6) is 0.0742. The van der Waals surface area contributed by atoms with Crippen LogP contribution in [0.2, 0.25) is 0 Å². The topological polar surface area (TPSA) is 64.0 Å². The molecule has 1 heterocycles. The summed E-state index contributed by atoms with van der Waals surface area (Å²) in [5.41, 5.74) is 0.535. The Morgan fingerprint density at radius 1 is 1.26 bits per heavy atom. The average molecular weight is 383 g/mol. The Morgan fingerprint density at radius 2 is 1.96 bits per heavy atom. The van der Waals surface area contributed by atoms with Crippen LogP contribution in [0.25, 0.3) is 0 Å². The molecule has 2 N–H and O–H groups in total. The summed E-state index contributed by atoms with van der Waals surface area (Å²) in [6.07, 6.45) is 1.93. The number of rotatable bonds is 4. The third kappa shape index (κ3) is 3.70. The lowest BCUT2D eigenvalue weighted by molar-refractivity contribution is -0.0666. The maximum absolute atomic E-state index is 11.0. The number of aliphatic hydroxyl groups is 1. The molecule has 5 nitrogen and oxygen atoms in total. The number of carbonyl (C=O) groups is 1. The first-order chi connectivity index (χ1) is 11.0. The quantitative estimate of drug-likeness (QED) is 0.840. The van der Waals surface area contributed by atoms with Crippen molar-refractivity contribution in [3.8, 4) is 0 Å². The minimum absolute atomic E-state index is 0.0742. The fraction of sp³-hybridized carbons (Fsp3) is 0.588. The molecule has 1 saturated carbocycles. The van der Waals surface area contributed by atoms with E-state index in [1.165, 1.54) is 4.90 Å². The van der Waals surface area contributed by atoms with Crippen LogP contribution >= 0.6 is 15.9 Å². The number of halogens is 1. The van der Waals surface area contributed by atoms with E-state index < -0.39 is 11.7 Å². The molecule has 1 amide bonds. The van der Waals surface area contributed by atoms with Gasteiger partial charge < -0.3 is 15.1 Å². The van der Waals surface area contributed by atoms with Crippen LogP contribution in [0.1, 0.15) is 30.7 Å². The number of carboxylic acid groups (broad SMARTS) is 1. The SMILES string of the molecule is O=C(O)N1CCN(CC(c2cccc(Br)c2)C2(O)CCC2)CC1. The first-order valence-corrected chi connectivity index (χ1v) is 8.95. The second kappa shape index (κ2) is 6.79. The van der Waals surface area contributed by atoms with Crippen LogP contribution in [0, 0.1) is 0 Å². The number of hydrogen-bond donors (Lipinski definition) is 2. The van der Waals surface area contributed by atoms with Crippen molar-refractivity contribution >= 4 is 22.0 Å². The lowest BCUT2D eigenvalue weighted by Gasteiger charge is -2.46. The Morgan fingerprint density at radius 3 is 2.48 bits per heavy atom. The lowest BCUT2D eigenvalue weighted by Crippen LogP contribution is -2.53. The van der Waals surface area contributed by atoms with E-state index in [4.69, 9.17) is 5.11 Å². The van der Waals surface area contributed by atoms with Gasteiger partial charge in [-0.2, -0.15) is 0 Å². The predicted octanol–water partition coefficient (Wildman–Crippen LogP) is 2.74. The van der Waals surface area contributed by atoms with Crippen molar-refractivity contribution in [2.24, 2.45) is 0 Å². The maximum Gasteiger partial charge on any atom is 0.407 e. The predicted molar refractivity (Wildman–Crippen MR) is 91.7 cm³/mol. The van der Waals surface area contributed by atoms with Crippen molar-refractivity contribution < 1.29 is 15.0 Å². The van der Waals surface area contributed by atoms with Gasteiger partial charge in [0, 0.05) is 43.1 Å². The van der Waals surface area contributed by atoms with Crippen LogP contribution in [0.15, 0.2) is 28.7 Å². The van der Waals surface area contributed by atoms with Gasteiger partial charge in [-0.25, -0.2) is 4.79 Å². The highest BCUT2D eigenvalue weighted by molar-refractivity contribution is 9.10. The van der Waals surface area contributed by atoms with Crippen molar-refractivity contribution in [2.45, 2.75) is 30.8 Å². The van der Waals surface area contributed by atoms with E-state index in [1.807, 2.05) is 12.1 Å². The molecular weight excluding hydrogens is 360 g/mol. The van der Waals surface area contributed by atoms with Crippen LogP contribution < -0.4 is 0 Å². The summed E-state index contributed by atoms with van der Waals surface area (Å²) in [6, 6.07) is 8.18. The van der Waals surface area contributed by atoms with Gasteiger partial charge in [-0.1, -0.05) is 28.1 Å². The van der Waals surface area contributed by atoms with Crippen molar-refractivity contribution in [1.29, 1.82) is 0 Å².